The number of ether oxygens (including phenoxy) is 2. The van der Waals surface area contributed by atoms with Crippen LogP contribution < -0.4 is 10.3 Å². The van der Waals surface area contributed by atoms with Crippen LogP contribution >= 0.6 is 11.8 Å². The Labute approximate surface area is 177 Å². The van der Waals surface area contributed by atoms with E-state index in [4.69, 9.17) is 13.9 Å². The van der Waals surface area contributed by atoms with Crippen molar-refractivity contribution in [1.29, 1.82) is 0 Å². The van der Waals surface area contributed by atoms with Gasteiger partial charge in [-0.3, -0.25) is 9.36 Å². The van der Waals surface area contributed by atoms with Gasteiger partial charge < -0.3 is 13.9 Å². The van der Waals surface area contributed by atoms with Gasteiger partial charge in [0, 0.05) is 18.4 Å². The molecule has 154 valence electrons. The highest BCUT2D eigenvalue weighted by Gasteiger charge is 2.13. The van der Waals surface area contributed by atoms with Gasteiger partial charge in [-0.1, -0.05) is 23.9 Å². The van der Waals surface area contributed by atoms with Gasteiger partial charge >= 0.3 is 0 Å². The monoisotopic (exact) mass is 423 g/mol. The first-order valence-electron chi connectivity index (χ1n) is 9.39. The first-order chi connectivity index (χ1) is 14.7. The quantitative estimate of drug-likeness (QED) is 0.313. The second-order valence-corrected chi connectivity index (χ2v) is 7.46. The zero-order valence-electron chi connectivity index (χ0n) is 16.7. The Kier molecular flexibility index (Phi) is 6.15. The number of hydrogen-bond acceptors (Lipinski definition) is 7. The van der Waals surface area contributed by atoms with E-state index < -0.39 is 0 Å². The highest BCUT2D eigenvalue weighted by atomic mass is 32.2. The zero-order valence-corrected chi connectivity index (χ0v) is 17.5. The van der Waals surface area contributed by atoms with Crippen molar-refractivity contribution in [2.75, 3.05) is 20.8 Å². The smallest absolute Gasteiger partial charge is 0.262 e. The van der Waals surface area contributed by atoms with Crippen LogP contribution in [0.3, 0.4) is 0 Å². The normalized spacial score (nSPS) is 11.1. The van der Waals surface area contributed by atoms with Gasteiger partial charge in [0.05, 0.1) is 36.9 Å². The maximum absolute atomic E-state index is 12.9. The fraction of sp³-hybridized carbons (Fsp3) is 0.227. The molecule has 0 unspecified atom stereocenters. The van der Waals surface area contributed by atoms with Gasteiger partial charge in [-0.05, 0) is 36.4 Å². The van der Waals surface area contributed by atoms with Crippen LogP contribution in [0.4, 0.5) is 0 Å². The lowest BCUT2D eigenvalue weighted by Crippen LogP contribution is -2.25. The van der Waals surface area contributed by atoms with Crippen molar-refractivity contribution in [3.63, 3.8) is 0 Å². The van der Waals surface area contributed by atoms with Crippen molar-refractivity contribution in [3.8, 4) is 17.2 Å². The van der Waals surface area contributed by atoms with E-state index in [1.807, 2.05) is 42.5 Å². The average molecular weight is 423 g/mol. The van der Waals surface area contributed by atoms with Crippen molar-refractivity contribution < 1.29 is 13.9 Å². The maximum Gasteiger partial charge on any atom is 0.262 e. The summed E-state index contributed by atoms with van der Waals surface area (Å²) < 4.78 is 17.6. The largest absolute Gasteiger partial charge is 0.497 e. The molecule has 0 aliphatic rings. The number of nitrogens with zero attached hydrogens (tertiary/aromatic N) is 3. The van der Waals surface area contributed by atoms with Crippen molar-refractivity contribution in [2.24, 2.45) is 0 Å². The van der Waals surface area contributed by atoms with Crippen LogP contribution in [0.25, 0.3) is 22.4 Å². The Hall–Kier alpha value is -3.10. The van der Waals surface area contributed by atoms with Gasteiger partial charge in [0.15, 0.2) is 5.16 Å². The Morgan fingerprint density at radius 1 is 1.07 bits per heavy atom. The van der Waals surface area contributed by atoms with Crippen LogP contribution in [-0.4, -0.2) is 35.4 Å². The predicted octanol–water partition coefficient (Wildman–Crippen LogP) is 4.00. The highest BCUT2D eigenvalue weighted by molar-refractivity contribution is 7.98. The van der Waals surface area contributed by atoms with Crippen molar-refractivity contribution in [1.82, 2.24) is 14.5 Å². The minimum absolute atomic E-state index is 0.0702. The number of rotatable bonds is 8. The Balaban J connectivity index is 1.57. The molecule has 2 aromatic heterocycles. The summed E-state index contributed by atoms with van der Waals surface area (Å²) in [5.41, 5.74) is 2.25. The number of aromatic nitrogens is 3. The van der Waals surface area contributed by atoms with Crippen LogP contribution in [0, 0.1) is 0 Å². The maximum atomic E-state index is 12.9. The Bertz CT molecular complexity index is 1200. The van der Waals surface area contributed by atoms with Gasteiger partial charge in [-0.25, -0.2) is 9.97 Å². The molecule has 0 spiro atoms. The Morgan fingerprint density at radius 3 is 2.63 bits per heavy atom. The molecular formula is C22H21N3O4S. The van der Waals surface area contributed by atoms with Gasteiger partial charge in [-0.15, -0.1) is 0 Å². The van der Waals surface area contributed by atoms with Crippen LogP contribution in [0.1, 0.15) is 5.69 Å². The minimum Gasteiger partial charge on any atom is -0.497 e. The molecule has 0 bridgehead atoms. The number of hydrogen-bond donors (Lipinski definition) is 0. The predicted molar refractivity (Wildman–Crippen MR) is 116 cm³/mol. The number of benzene rings is 2. The molecule has 0 saturated heterocycles. The fourth-order valence-electron chi connectivity index (χ4n) is 3.02. The molecule has 4 rings (SSSR count). The highest BCUT2D eigenvalue weighted by Crippen LogP contribution is 2.25. The van der Waals surface area contributed by atoms with E-state index in [0.29, 0.717) is 40.9 Å². The summed E-state index contributed by atoms with van der Waals surface area (Å²) >= 11 is 1.45. The summed E-state index contributed by atoms with van der Waals surface area (Å²) in [6.07, 6.45) is 1.63. The summed E-state index contributed by atoms with van der Waals surface area (Å²) in [5.74, 6) is 1.84. The molecule has 4 aromatic rings. The van der Waals surface area contributed by atoms with E-state index >= 15 is 0 Å². The molecule has 2 aromatic carbocycles. The lowest BCUT2D eigenvalue weighted by Gasteiger charge is -2.12. The molecule has 0 aliphatic heterocycles. The summed E-state index contributed by atoms with van der Waals surface area (Å²) in [7, 11) is 3.24. The molecule has 0 radical (unpaired) electrons. The van der Waals surface area contributed by atoms with Gasteiger partial charge in [0.25, 0.3) is 5.56 Å². The van der Waals surface area contributed by atoms with Crippen molar-refractivity contribution >= 4 is 22.7 Å². The molecule has 0 aliphatic carbocycles. The molecule has 30 heavy (non-hydrogen) atoms. The molecule has 0 N–H and O–H groups in total. The van der Waals surface area contributed by atoms with Crippen LogP contribution in [0.5, 0.6) is 5.75 Å². The van der Waals surface area contributed by atoms with Crippen molar-refractivity contribution in [3.05, 3.63) is 70.8 Å². The van der Waals surface area contributed by atoms with Crippen LogP contribution in [0.2, 0.25) is 0 Å². The first-order valence-corrected chi connectivity index (χ1v) is 10.4. The lowest BCUT2D eigenvalue weighted by atomic mass is 10.2. The van der Waals surface area contributed by atoms with Gasteiger partial charge in [0.2, 0.25) is 5.89 Å². The summed E-state index contributed by atoms with van der Waals surface area (Å²) in [6, 6.07) is 14.9. The zero-order chi connectivity index (χ0) is 20.9. The van der Waals surface area contributed by atoms with Crippen molar-refractivity contribution in [2.45, 2.75) is 17.5 Å². The summed E-state index contributed by atoms with van der Waals surface area (Å²) in [5, 5.41) is 1.23. The third-order valence-electron chi connectivity index (χ3n) is 4.58. The Morgan fingerprint density at radius 2 is 1.87 bits per heavy atom. The molecule has 0 fully saturated rings. The van der Waals surface area contributed by atoms with Crippen LogP contribution in [0.15, 0.2) is 69.2 Å². The molecule has 7 nitrogen and oxygen atoms in total. The van der Waals surface area contributed by atoms with Crippen LogP contribution in [-0.2, 0) is 17.0 Å². The molecular weight excluding hydrogens is 402 g/mol. The van der Waals surface area contributed by atoms with E-state index in [1.165, 1.54) is 11.8 Å². The number of oxazole rings is 1. The van der Waals surface area contributed by atoms with E-state index in [9.17, 15) is 4.79 Å². The first kappa shape index (κ1) is 20.2. The summed E-state index contributed by atoms with van der Waals surface area (Å²) in [6.45, 7) is 0.866. The standard InChI is InChI=1S/C22H21N3O4S/c1-27-12-11-25-21(26)18-5-3-4-6-19(18)24-22(25)30-14-16-13-29-20(23-16)15-7-9-17(28-2)10-8-15/h3-10,13H,11-12,14H2,1-2H3. The van der Waals surface area contributed by atoms with E-state index in [1.54, 1.807) is 31.1 Å². The topological polar surface area (TPSA) is 79.4 Å². The molecule has 8 heteroatoms. The van der Waals surface area contributed by atoms with E-state index in [0.717, 1.165) is 17.0 Å². The second-order valence-electron chi connectivity index (χ2n) is 6.52. The number of para-hydroxylation sites is 1. The van der Waals surface area contributed by atoms with Gasteiger partial charge in [0.1, 0.15) is 12.0 Å². The third kappa shape index (κ3) is 4.24. The molecule has 2 heterocycles. The third-order valence-corrected chi connectivity index (χ3v) is 5.59. The molecule has 0 amide bonds. The summed E-state index contributed by atoms with van der Waals surface area (Å²) in [4.78, 5) is 22.2. The minimum atomic E-state index is -0.0702. The lowest BCUT2D eigenvalue weighted by molar-refractivity contribution is 0.183. The average Bonchev–Trinajstić information content (AvgIpc) is 3.26. The fourth-order valence-corrected chi connectivity index (χ4v) is 3.92. The number of methoxy groups -OCH3 is 2. The molecule has 0 atom stereocenters. The van der Waals surface area contributed by atoms with Gasteiger partial charge in [-0.2, -0.15) is 0 Å². The number of thioether (sulfide) groups is 1. The van der Waals surface area contributed by atoms with E-state index in [-0.39, 0.29) is 5.56 Å². The second kappa shape index (κ2) is 9.15. The SMILES string of the molecule is COCCn1c(SCc2coc(-c3ccc(OC)cc3)n2)nc2ccccc2c1=O. The molecule has 0 saturated carbocycles. The number of fused-ring (bicyclic) bond motifs is 1. The van der Waals surface area contributed by atoms with E-state index in [2.05, 4.69) is 9.97 Å².